The summed E-state index contributed by atoms with van der Waals surface area (Å²) < 4.78 is 6.04. The van der Waals surface area contributed by atoms with E-state index >= 15 is 0 Å². The van der Waals surface area contributed by atoms with Crippen LogP contribution in [0.4, 0.5) is 17.1 Å². The van der Waals surface area contributed by atoms with Gasteiger partial charge in [-0.25, -0.2) is 0 Å². The number of aliphatic hydroxyl groups excluding tert-OH is 1. The van der Waals surface area contributed by atoms with E-state index < -0.39 is 6.10 Å². The van der Waals surface area contributed by atoms with Crippen LogP contribution in [0.25, 0.3) is 0 Å². The molecule has 1 aromatic heterocycles. The van der Waals surface area contributed by atoms with Gasteiger partial charge in [0, 0.05) is 48.0 Å². The Morgan fingerprint density at radius 2 is 2.24 bits per heavy atom. The lowest BCUT2D eigenvalue weighted by atomic mass is 9.87. The van der Waals surface area contributed by atoms with Gasteiger partial charge in [-0.05, 0) is 67.5 Å². The molecular weight excluding hydrogens is 412 g/mol. The minimum absolute atomic E-state index is 0.451. The average molecular weight is 443 g/mol. The van der Waals surface area contributed by atoms with Crippen molar-refractivity contribution in [3.63, 3.8) is 0 Å². The minimum Gasteiger partial charge on any atom is -0.489 e. The highest BCUT2D eigenvalue weighted by molar-refractivity contribution is 5.71. The third kappa shape index (κ3) is 3.68. The molecule has 4 aliphatic rings. The van der Waals surface area contributed by atoms with Crippen molar-refractivity contribution in [1.82, 2.24) is 10.3 Å². The molecule has 0 radical (unpaired) electrons. The van der Waals surface area contributed by atoms with Crippen LogP contribution >= 0.6 is 0 Å². The summed E-state index contributed by atoms with van der Waals surface area (Å²) in [6, 6.07) is 8.35. The molecule has 2 atom stereocenters. The molecule has 3 heterocycles. The van der Waals surface area contributed by atoms with Crippen molar-refractivity contribution in [2.45, 2.75) is 38.7 Å². The standard InChI is InChI=1S/C27H30N4O2/c1-17-3-2-4-20-18(16-29-26(17)20)10-12-31-13-14-33-25-15-19(5-7-23(25)31)30-22-9-11-28-27-21(22)6-8-24(27)32/h2-3,5,7,9,11,15-16,20,24,29,32H,4,6,8,10,12-14H2,1H3,(H,28,30). The van der Waals surface area contributed by atoms with Crippen LogP contribution in [-0.2, 0) is 6.42 Å². The smallest absolute Gasteiger partial charge is 0.144 e. The molecule has 0 amide bonds. The fourth-order valence-electron chi connectivity index (χ4n) is 5.53. The fourth-order valence-corrected chi connectivity index (χ4v) is 5.53. The molecule has 2 aromatic rings. The number of aliphatic hydroxyl groups is 1. The third-order valence-corrected chi connectivity index (χ3v) is 7.31. The number of aromatic nitrogens is 1. The summed E-state index contributed by atoms with van der Waals surface area (Å²) in [6.07, 6.45) is 11.8. The van der Waals surface area contributed by atoms with Crippen molar-refractivity contribution < 1.29 is 9.84 Å². The largest absolute Gasteiger partial charge is 0.489 e. The van der Waals surface area contributed by atoms with Gasteiger partial charge in [0.15, 0.2) is 0 Å². The first-order chi connectivity index (χ1) is 16.2. The summed E-state index contributed by atoms with van der Waals surface area (Å²) in [4.78, 5) is 6.81. The number of hydrogen-bond acceptors (Lipinski definition) is 6. The first kappa shape index (κ1) is 20.4. The molecule has 0 spiro atoms. The molecule has 0 saturated heterocycles. The first-order valence-corrected chi connectivity index (χ1v) is 11.9. The van der Waals surface area contributed by atoms with E-state index in [1.165, 1.54) is 16.8 Å². The van der Waals surface area contributed by atoms with Crippen LogP contribution in [0.1, 0.15) is 43.5 Å². The normalized spacial score (nSPS) is 22.8. The van der Waals surface area contributed by atoms with Gasteiger partial charge in [-0.15, -0.1) is 0 Å². The second kappa shape index (κ2) is 8.27. The van der Waals surface area contributed by atoms with Crippen molar-refractivity contribution in [1.29, 1.82) is 0 Å². The van der Waals surface area contributed by atoms with Crippen LogP contribution in [0.15, 0.2) is 65.7 Å². The summed E-state index contributed by atoms with van der Waals surface area (Å²) in [6.45, 7) is 4.77. The average Bonchev–Trinajstić information content (AvgIpc) is 3.43. The molecule has 2 aliphatic heterocycles. The van der Waals surface area contributed by atoms with Gasteiger partial charge in [0.1, 0.15) is 12.4 Å². The zero-order valence-electron chi connectivity index (χ0n) is 19.0. The number of anilines is 3. The van der Waals surface area contributed by atoms with E-state index in [0.717, 1.165) is 72.8 Å². The molecule has 6 rings (SSSR count). The maximum atomic E-state index is 10.1. The van der Waals surface area contributed by atoms with Crippen LogP contribution in [-0.4, -0.2) is 29.8 Å². The number of benzene rings is 1. The van der Waals surface area contributed by atoms with Crippen molar-refractivity contribution in [3.8, 4) is 5.75 Å². The third-order valence-electron chi connectivity index (χ3n) is 7.31. The molecule has 2 unspecified atom stereocenters. The number of rotatable bonds is 5. The van der Waals surface area contributed by atoms with Crippen LogP contribution in [0, 0.1) is 5.92 Å². The van der Waals surface area contributed by atoms with Crippen LogP contribution in [0.2, 0.25) is 0 Å². The minimum atomic E-state index is -0.451. The number of nitrogens with zero attached hydrogens (tertiary/aromatic N) is 2. The number of pyridine rings is 1. The monoisotopic (exact) mass is 442 g/mol. The Balaban J connectivity index is 1.16. The summed E-state index contributed by atoms with van der Waals surface area (Å²) in [5, 5.41) is 17.2. The highest BCUT2D eigenvalue weighted by atomic mass is 16.5. The number of ether oxygens (including phenoxy) is 1. The van der Waals surface area contributed by atoms with Crippen LogP contribution < -0.4 is 20.3 Å². The zero-order chi connectivity index (χ0) is 22.4. The predicted molar refractivity (Wildman–Crippen MR) is 131 cm³/mol. The zero-order valence-corrected chi connectivity index (χ0v) is 19.0. The van der Waals surface area contributed by atoms with E-state index in [1.807, 2.05) is 6.07 Å². The lowest BCUT2D eigenvalue weighted by Crippen LogP contribution is -2.33. The molecule has 6 heteroatoms. The Morgan fingerprint density at radius 3 is 3.18 bits per heavy atom. The van der Waals surface area contributed by atoms with E-state index in [9.17, 15) is 5.11 Å². The van der Waals surface area contributed by atoms with Gasteiger partial charge < -0.3 is 25.4 Å². The van der Waals surface area contributed by atoms with Gasteiger partial charge in [-0.3, -0.25) is 4.98 Å². The number of nitrogens with one attached hydrogen (secondary N) is 2. The van der Waals surface area contributed by atoms with Crippen LogP contribution in [0.5, 0.6) is 5.75 Å². The lowest BCUT2D eigenvalue weighted by molar-refractivity contribution is 0.176. The van der Waals surface area contributed by atoms with Gasteiger partial charge in [0.2, 0.25) is 0 Å². The Kier molecular flexibility index (Phi) is 5.10. The van der Waals surface area contributed by atoms with Gasteiger partial charge in [-0.1, -0.05) is 12.2 Å². The number of allylic oxidation sites excluding steroid dienone is 4. The van der Waals surface area contributed by atoms with Gasteiger partial charge in [-0.2, -0.15) is 0 Å². The second-order valence-corrected chi connectivity index (χ2v) is 9.32. The number of hydrogen-bond donors (Lipinski definition) is 3. The van der Waals surface area contributed by atoms with Crippen LogP contribution in [0.3, 0.4) is 0 Å². The van der Waals surface area contributed by atoms with E-state index in [-0.39, 0.29) is 0 Å². The SMILES string of the molecule is CC1=C2NC=C(CCN3CCOc4cc(Nc5ccnc6c5CCC6O)ccc43)C2CC=C1. The molecule has 3 N–H and O–H groups in total. The molecule has 1 aromatic carbocycles. The van der Waals surface area contributed by atoms with Gasteiger partial charge in [0.25, 0.3) is 0 Å². The summed E-state index contributed by atoms with van der Waals surface area (Å²) in [5.41, 5.74) is 9.31. The predicted octanol–water partition coefficient (Wildman–Crippen LogP) is 4.73. The van der Waals surface area contributed by atoms with E-state index in [2.05, 4.69) is 64.0 Å². The highest BCUT2D eigenvalue weighted by Crippen LogP contribution is 2.39. The molecule has 6 nitrogen and oxygen atoms in total. The van der Waals surface area contributed by atoms with Crippen molar-refractivity contribution in [2.75, 3.05) is 29.9 Å². The molecule has 33 heavy (non-hydrogen) atoms. The van der Waals surface area contributed by atoms with Crippen molar-refractivity contribution in [3.05, 3.63) is 76.9 Å². The topological polar surface area (TPSA) is 69.7 Å². The maximum Gasteiger partial charge on any atom is 0.144 e. The Bertz CT molecular complexity index is 1180. The Morgan fingerprint density at radius 1 is 1.30 bits per heavy atom. The molecule has 170 valence electrons. The first-order valence-electron chi connectivity index (χ1n) is 11.9. The van der Waals surface area contributed by atoms with Gasteiger partial charge >= 0.3 is 0 Å². The molecule has 0 saturated carbocycles. The van der Waals surface area contributed by atoms with Crippen molar-refractivity contribution in [2.24, 2.45) is 5.92 Å². The molecular formula is C27H30N4O2. The second-order valence-electron chi connectivity index (χ2n) is 9.32. The van der Waals surface area contributed by atoms with Gasteiger partial charge in [0.05, 0.1) is 24.0 Å². The molecule has 0 fully saturated rings. The molecule has 2 aliphatic carbocycles. The maximum absolute atomic E-state index is 10.1. The van der Waals surface area contributed by atoms with E-state index in [0.29, 0.717) is 12.5 Å². The highest BCUT2D eigenvalue weighted by Gasteiger charge is 2.28. The lowest BCUT2D eigenvalue weighted by Gasteiger charge is -2.32. The number of fused-ring (bicyclic) bond motifs is 3. The quantitative estimate of drug-likeness (QED) is 0.622. The molecule has 0 bridgehead atoms. The summed E-state index contributed by atoms with van der Waals surface area (Å²) in [5.74, 6) is 1.44. The summed E-state index contributed by atoms with van der Waals surface area (Å²) in [7, 11) is 0. The Hall–Kier alpha value is -3.25. The fraction of sp³-hybridized carbons (Fsp3) is 0.370. The summed E-state index contributed by atoms with van der Waals surface area (Å²) >= 11 is 0. The van der Waals surface area contributed by atoms with E-state index in [4.69, 9.17) is 4.74 Å². The van der Waals surface area contributed by atoms with Crippen molar-refractivity contribution >= 4 is 17.1 Å². The van der Waals surface area contributed by atoms with E-state index in [1.54, 1.807) is 6.20 Å². The Labute approximate surface area is 194 Å².